The fraction of sp³-hybridized carbons (Fsp3) is 0.349. The smallest absolute Gasteiger partial charge is 0.329 e. The van der Waals surface area contributed by atoms with Crippen molar-refractivity contribution in [2.75, 3.05) is 6.61 Å². The van der Waals surface area contributed by atoms with Gasteiger partial charge in [-0.05, 0) is 53.3 Å². The van der Waals surface area contributed by atoms with Crippen molar-refractivity contribution in [2.24, 2.45) is 0 Å². The highest BCUT2D eigenvalue weighted by Gasteiger charge is 2.33. The zero-order chi connectivity index (χ0) is 39.4. The van der Waals surface area contributed by atoms with Crippen LogP contribution in [0.25, 0.3) is 22.5 Å². The highest BCUT2D eigenvalue weighted by Crippen LogP contribution is 2.30. The summed E-state index contributed by atoms with van der Waals surface area (Å²) in [6, 6.07) is 19.0. The maximum atomic E-state index is 13.7. The highest BCUT2D eigenvalue weighted by atomic mass is 32.1. The lowest BCUT2D eigenvalue weighted by atomic mass is 9.95. The van der Waals surface area contributed by atoms with Crippen molar-refractivity contribution < 1.29 is 29.3 Å². The molecule has 0 aliphatic carbocycles. The molecule has 0 bridgehead atoms. The van der Waals surface area contributed by atoms with Gasteiger partial charge in [-0.2, -0.15) is 0 Å². The standard InChI is InChI=1S/C43H49N5O6S/c1-5-6-7-8-9-23-54-33-18-16-29(17-19-33)32-26-45-39(46-27-32)30-14-12-28(13-15-30)24-34(47-41(51)35-20-21-36(55-35)43(2,3)4)40(50)48-37(42(52)53)38(49)31-11-10-22-44-25-31/h10-22,25-27,34,37-38,49H,5-9,23-24H2,1-4H3,(H,47,51)(H,48,50)(H,52,53)/t34-,37?,38?/m0/s1. The first kappa shape index (κ1) is 40.7. The number of carboxylic acid groups (broad SMARTS) is 1. The predicted molar refractivity (Wildman–Crippen MR) is 214 cm³/mol. The van der Waals surface area contributed by atoms with Gasteiger partial charge in [-0.25, -0.2) is 14.8 Å². The lowest BCUT2D eigenvalue weighted by Crippen LogP contribution is -2.54. The number of aliphatic carboxylic acids is 1. The number of hydrogen-bond acceptors (Lipinski definition) is 9. The van der Waals surface area contributed by atoms with Crippen LogP contribution in [0, 0.1) is 0 Å². The van der Waals surface area contributed by atoms with Crippen molar-refractivity contribution in [3.05, 3.63) is 118 Å². The third-order valence-electron chi connectivity index (χ3n) is 9.10. The lowest BCUT2D eigenvalue weighted by Gasteiger charge is -2.24. The number of aliphatic hydroxyl groups is 1. The first-order chi connectivity index (χ1) is 26.4. The molecule has 3 aromatic heterocycles. The molecule has 11 nitrogen and oxygen atoms in total. The number of rotatable bonds is 18. The number of ether oxygens (including phenoxy) is 1. The van der Waals surface area contributed by atoms with Gasteiger partial charge in [-0.15, -0.1) is 11.3 Å². The van der Waals surface area contributed by atoms with Crippen LogP contribution < -0.4 is 15.4 Å². The zero-order valence-electron chi connectivity index (χ0n) is 31.7. The van der Waals surface area contributed by atoms with Gasteiger partial charge in [-0.3, -0.25) is 14.6 Å². The second-order valence-corrected chi connectivity index (χ2v) is 15.6. The largest absolute Gasteiger partial charge is 0.494 e. The summed E-state index contributed by atoms with van der Waals surface area (Å²) < 4.78 is 5.89. The molecule has 0 fully saturated rings. The Morgan fingerprint density at radius 2 is 1.51 bits per heavy atom. The topological polar surface area (TPSA) is 164 Å². The second-order valence-electron chi connectivity index (χ2n) is 14.5. The number of pyridine rings is 1. The molecule has 0 aliphatic heterocycles. The van der Waals surface area contributed by atoms with E-state index >= 15 is 0 Å². The summed E-state index contributed by atoms with van der Waals surface area (Å²) in [5, 5.41) is 26.1. The van der Waals surface area contributed by atoms with Crippen molar-refractivity contribution in [1.29, 1.82) is 0 Å². The number of aromatic nitrogens is 3. The van der Waals surface area contributed by atoms with Crippen molar-refractivity contribution in [3.8, 4) is 28.3 Å². The van der Waals surface area contributed by atoms with E-state index in [1.165, 1.54) is 55.5 Å². The predicted octanol–water partition coefficient (Wildman–Crippen LogP) is 7.56. The van der Waals surface area contributed by atoms with E-state index < -0.39 is 36.0 Å². The molecule has 2 unspecified atom stereocenters. The molecule has 0 spiro atoms. The van der Waals surface area contributed by atoms with Crippen molar-refractivity contribution in [2.45, 2.75) is 89.8 Å². The molecule has 2 amide bonds. The van der Waals surface area contributed by atoms with Crippen molar-refractivity contribution >= 4 is 29.1 Å². The quantitative estimate of drug-likeness (QED) is 0.0660. The number of benzene rings is 2. The molecule has 5 rings (SSSR count). The molecule has 55 heavy (non-hydrogen) atoms. The average molecular weight is 764 g/mol. The minimum Gasteiger partial charge on any atom is -0.494 e. The Balaban J connectivity index is 1.27. The monoisotopic (exact) mass is 763 g/mol. The number of unbranched alkanes of at least 4 members (excludes halogenated alkanes) is 4. The van der Waals surface area contributed by atoms with E-state index in [-0.39, 0.29) is 17.4 Å². The number of carbonyl (C=O) groups is 3. The average Bonchev–Trinajstić information content (AvgIpc) is 3.71. The van der Waals surface area contributed by atoms with Gasteiger partial charge in [0.25, 0.3) is 5.91 Å². The number of amides is 2. The molecular formula is C43H49N5O6S. The van der Waals surface area contributed by atoms with Crippen LogP contribution in [0.1, 0.15) is 91.6 Å². The molecule has 3 heterocycles. The van der Waals surface area contributed by atoms with Gasteiger partial charge < -0.3 is 25.6 Å². The molecule has 3 atom stereocenters. The summed E-state index contributed by atoms with van der Waals surface area (Å²) in [5.41, 5.74) is 3.34. The maximum absolute atomic E-state index is 13.7. The summed E-state index contributed by atoms with van der Waals surface area (Å²) in [6.45, 7) is 9.05. The van der Waals surface area contributed by atoms with E-state index in [1.807, 2.05) is 75.4 Å². The minimum absolute atomic E-state index is 0.0447. The van der Waals surface area contributed by atoms with E-state index in [9.17, 15) is 24.6 Å². The molecule has 0 saturated heterocycles. The summed E-state index contributed by atoms with van der Waals surface area (Å²) in [6.07, 6.45) is 10.8. The number of nitrogens with zero attached hydrogens (tertiary/aromatic N) is 3. The van der Waals surface area contributed by atoms with Crippen LogP contribution in [0.5, 0.6) is 5.75 Å². The van der Waals surface area contributed by atoms with Gasteiger partial charge in [-0.1, -0.05) is 95.8 Å². The van der Waals surface area contributed by atoms with Crippen molar-refractivity contribution in [1.82, 2.24) is 25.6 Å². The Bertz CT molecular complexity index is 1990. The summed E-state index contributed by atoms with van der Waals surface area (Å²) in [7, 11) is 0. The molecule has 0 saturated carbocycles. The third kappa shape index (κ3) is 11.5. The molecule has 5 aromatic rings. The molecule has 0 aliphatic rings. The molecule has 4 N–H and O–H groups in total. The number of carbonyl (C=O) groups excluding carboxylic acids is 2. The van der Waals surface area contributed by atoms with Crippen LogP contribution in [-0.4, -0.2) is 61.6 Å². The van der Waals surface area contributed by atoms with Crippen LogP contribution in [-0.2, 0) is 21.4 Å². The van der Waals surface area contributed by atoms with Gasteiger partial charge in [0, 0.05) is 52.8 Å². The Morgan fingerprint density at radius 1 is 0.818 bits per heavy atom. The van der Waals surface area contributed by atoms with Gasteiger partial charge in [0.2, 0.25) is 5.91 Å². The number of carboxylic acids is 1. The number of aliphatic hydroxyl groups excluding tert-OH is 1. The van der Waals surface area contributed by atoms with E-state index in [0.29, 0.717) is 22.9 Å². The van der Waals surface area contributed by atoms with Gasteiger partial charge in [0.1, 0.15) is 17.9 Å². The van der Waals surface area contributed by atoms with Crippen LogP contribution in [0.4, 0.5) is 0 Å². The normalized spacial score (nSPS) is 13.0. The Labute approximate surface area is 326 Å². The number of nitrogens with one attached hydrogen (secondary N) is 2. The van der Waals surface area contributed by atoms with Crippen LogP contribution in [0.2, 0.25) is 0 Å². The minimum atomic E-state index is -1.69. The Kier molecular flexibility index (Phi) is 14.2. The first-order valence-corrected chi connectivity index (χ1v) is 19.4. The number of thiophene rings is 1. The highest BCUT2D eigenvalue weighted by molar-refractivity contribution is 7.14. The van der Waals surface area contributed by atoms with Gasteiger partial charge >= 0.3 is 5.97 Å². The zero-order valence-corrected chi connectivity index (χ0v) is 32.5. The van der Waals surface area contributed by atoms with Crippen LogP contribution in [0.3, 0.4) is 0 Å². The second kappa shape index (κ2) is 19.2. The summed E-state index contributed by atoms with van der Waals surface area (Å²) >= 11 is 1.33. The van der Waals surface area contributed by atoms with E-state index in [1.54, 1.807) is 24.5 Å². The fourth-order valence-corrected chi connectivity index (χ4v) is 6.83. The van der Waals surface area contributed by atoms with E-state index in [0.717, 1.165) is 33.7 Å². The molecular weight excluding hydrogens is 715 g/mol. The van der Waals surface area contributed by atoms with Gasteiger partial charge in [0.05, 0.1) is 11.5 Å². The Hall–Kier alpha value is -5.46. The third-order valence-corrected chi connectivity index (χ3v) is 10.6. The van der Waals surface area contributed by atoms with Crippen molar-refractivity contribution in [3.63, 3.8) is 0 Å². The fourth-order valence-electron chi connectivity index (χ4n) is 5.87. The molecule has 2 aromatic carbocycles. The van der Waals surface area contributed by atoms with Crippen LogP contribution >= 0.6 is 11.3 Å². The lowest BCUT2D eigenvalue weighted by molar-refractivity contribution is -0.145. The molecule has 288 valence electrons. The molecule has 12 heteroatoms. The maximum Gasteiger partial charge on any atom is 0.329 e. The Morgan fingerprint density at radius 3 is 2.13 bits per heavy atom. The van der Waals surface area contributed by atoms with Crippen LogP contribution in [0.15, 0.2) is 97.6 Å². The number of hydrogen-bond donors (Lipinski definition) is 4. The summed E-state index contributed by atoms with van der Waals surface area (Å²) in [4.78, 5) is 54.0. The molecule has 0 radical (unpaired) electrons. The summed E-state index contributed by atoms with van der Waals surface area (Å²) in [5.74, 6) is -1.32. The first-order valence-electron chi connectivity index (χ1n) is 18.6. The van der Waals surface area contributed by atoms with E-state index in [2.05, 4.69) is 32.5 Å². The van der Waals surface area contributed by atoms with E-state index in [4.69, 9.17) is 4.74 Å². The van der Waals surface area contributed by atoms with Gasteiger partial charge in [0.15, 0.2) is 11.9 Å². The SMILES string of the molecule is CCCCCCCOc1ccc(-c2cnc(-c3ccc(C[C@H](NC(=O)c4ccc(C(C)(C)C)s4)C(=O)NC(C(=O)O)C(O)c4cccnc4)cc3)nc2)cc1.